The number of carbonyl (C=O) groups excluding carboxylic acids is 1. The molecule has 1 heterocycles. The van der Waals surface area contributed by atoms with Crippen molar-refractivity contribution in [3.63, 3.8) is 0 Å². The smallest absolute Gasteiger partial charge is 0.161 e. The Morgan fingerprint density at radius 1 is 1.24 bits per heavy atom. The maximum atomic E-state index is 12.7. The molecule has 4 nitrogen and oxygen atoms in total. The molecule has 2 fully saturated rings. The molecule has 0 spiro atoms. The van der Waals surface area contributed by atoms with Crippen molar-refractivity contribution < 1.29 is 14.3 Å². The number of hydrogen-bond donors (Lipinski definition) is 0. The zero-order valence-corrected chi connectivity index (χ0v) is 16.2. The molecule has 25 heavy (non-hydrogen) atoms. The third-order valence-corrected chi connectivity index (χ3v) is 6.26. The van der Waals surface area contributed by atoms with Gasteiger partial charge in [-0.3, -0.25) is 4.79 Å². The number of fused-ring (bicyclic) bond motifs is 1. The van der Waals surface area contributed by atoms with Gasteiger partial charge in [0.2, 0.25) is 0 Å². The molecular weight excluding hydrogens is 314 g/mol. The average molecular weight is 345 g/mol. The highest BCUT2D eigenvalue weighted by molar-refractivity contribution is 5.83. The lowest BCUT2D eigenvalue weighted by molar-refractivity contribution is -0.128. The number of benzene rings is 1. The van der Waals surface area contributed by atoms with Gasteiger partial charge in [-0.15, -0.1) is 0 Å². The Morgan fingerprint density at radius 2 is 1.96 bits per heavy atom. The van der Waals surface area contributed by atoms with E-state index in [1.54, 1.807) is 14.2 Å². The Kier molecular flexibility index (Phi) is 5.10. The molecule has 1 unspecified atom stereocenters. The van der Waals surface area contributed by atoms with Crippen LogP contribution in [0.3, 0.4) is 0 Å². The highest BCUT2D eigenvalue weighted by atomic mass is 16.5. The van der Waals surface area contributed by atoms with Gasteiger partial charge in [0, 0.05) is 23.8 Å². The second-order valence-electron chi connectivity index (χ2n) is 8.17. The lowest BCUT2D eigenvalue weighted by Gasteiger charge is -2.44. The van der Waals surface area contributed by atoms with E-state index in [1.165, 1.54) is 5.56 Å². The van der Waals surface area contributed by atoms with E-state index < -0.39 is 0 Å². The fraction of sp³-hybridized carbons (Fsp3) is 0.667. The van der Waals surface area contributed by atoms with E-state index in [0.717, 1.165) is 37.3 Å². The first-order chi connectivity index (χ1) is 11.9. The van der Waals surface area contributed by atoms with Crippen molar-refractivity contribution in [2.75, 3.05) is 27.8 Å². The van der Waals surface area contributed by atoms with Crippen LogP contribution in [0.4, 0.5) is 0 Å². The first-order valence-corrected chi connectivity index (χ1v) is 9.36. The summed E-state index contributed by atoms with van der Waals surface area (Å²) in [6.07, 6.45) is 3.71. The molecular formula is C21H31NO3. The number of carbonyl (C=O) groups is 1. The number of Topliss-reactive ketones (excluding diaryl/α,β-unsaturated/α-hetero) is 1. The zero-order valence-electron chi connectivity index (χ0n) is 16.2. The van der Waals surface area contributed by atoms with Gasteiger partial charge < -0.3 is 14.4 Å². The molecule has 0 amide bonds. The zero-order chi connectivity index (χ0) is 18.2. The molecule has 1 aliphatic heterocycles. The molecule has 0 N–H and O–H groups in total. The van der Waals surface area contributed by atoms with Crippen LogP contribution in [-0.2, 0) is 10.2 Å². The van der Waals surface area contributed by atoms with Crippen LogP contribution >= 0.6 is 0 Å². The molecule has 0 radical (unpaired) electrons. The Labute approximate surface area is 151 Å². The predicted octanol–water partition coefficient (Wildman–Crippen LogP) is 3.67. The third kappa shape index (κ3) is 3.17. The van der Waals surface area contributed by atoms with Crippen LogP contribution in [0, 0.1) is 11.8 Å². The Bertz CT molecular complexity index is 642. The quantitative estimate of drug-likeness (QED) is 0.816. The Balaban J connectivity index is 2.01. The monoisotopic (exact) mass is 345 g/mol. The molecule has 1 saturated heterocycles. The molecule has 1 aliphatic carbocycles. The summed E-state index contributed by atoms with van der Waals surface area (Å²) in [4.78, 5) is 15.1. The van der Waals surface area contributed by atoms with Crippen molar-refractivity contribution in [1.82, 2.24) is 4.90 Å². The standard InChI is InChI=1S/C21H31NO3/c1-14(2)10-15-13-21(8-9-22(3)20(21)12-17(15)23)16-6-7-18(24-4)19(11-16)25-5/h6-7,11,14-15,20H,8-10,12-13H2,1-5H3/t15?,20-,21+/m0/s1. The van der Waals surface area contributed by atoms with Crippen molar-refractivity contribution in [1.29, 1.82) is 0 Å². The summed E-state index contributed by atoms with van der Waals surface area (Å²) in [5, 5.41) is 0. The van der Waals surface area contributed by atoms with E-state index in [0.29, 0.717) is 24.2 Å². The summed E-state index contributed by atoms with van der Waals surface area (Å²) in [7, 11) is 5.51. The second kappa shape index (κ2) is 6.99. The maximum Gasteiger partial charge on any atom is 0.161 e. The Morgan fingerprint density at radius 3 is 2.60 bits per heavy atom. The van der Waals surface area contributed by atoms with E-state index in [4.69, 9.17) is 9.47 Å². The van der Waals surface area contributed by atoms with E-state index in [-0.39, 0.29) is 11.3 Å². The van der Waals surface area contributed by atoms with Crippen LogP contribution in [0.5, 0.6) is 11.5 Å². The summed E-state index contributed by atoms with van der Waals surface area (Å²) < 4.78 is 11.0. The van der Waals surface area contributed by atoms with E-state index in [9.17, 15) is 4.79 Å². The molecule has 4 heteroatoms. The lowest BCUT2D eigenvalue weighted by Crippen LogP contribution is -2.49. The fourth-order valence-corrected chi connectivity index (χ4v) is 5.00. The first kappa shape index (κ1) is 18.2. The van der Waals surface area contributed by atoms with Crippen LogP contribution < -0.4 is 9.47 Å². The van der Waals surface area contributed by atoms with E-state index in [2.05, 4.69) is 37.9 Å². The van der Waals surface area contributed by atoms with Crippen LogP contribution in [0.25, 0.3) is 0 Å². The van der Waals surface area contributed by atoms with Crippen LogP contribution in [0.1, 0.15) is 45.1 Å². The second-order valence-corrected chi connectivity index (χ2v) is 8.17. The topological polar surface area (TPSA) is 38.8 Å². The van der Waals surface area contributed by atoms with Gasteiger partial charge in [0.1, 0.15) is 5.78 Å². The van der Waals surface area contributed by atoms with Crippen LogP contribution in [0.2, 0.25) is 0 Å². The van der Waals surface area contributed by atoms with Gasteiger partial charge in [-0.1, -0.05) is 19.9 Å². The molecule has 1 aromatic rings. The normalized spacial score (nSPS) is 29.8. The van der Waals surface area contributed by atoms with Crippen LogP contribution in [-0.4, -0.2) is 44.5 Å². The highest BCUT2D eigenvalue weighted by Crippen LogP contribution is 2.51. The number of ketones is 1. The fourth-order valence-electron chi connectivity index (χ4n) is 5.00. The molecule has 0 bridgehead atoms. The number of likely N-dealkylation sites (tertiary alicyclic amines) is 1. The number of likely N-dealkylation sites (N-methyl/N-ethyl adjacent to an activating group) is 1. The summed E-state index contributed by atoms with van der Waals surface area (Å²) in [5.74, 6) is 2.71. The summed E-state index contributed by atoms with van der Waals surface area (Å²) in [5.41, 5.74) is 1.34. The van der Waals surface area contributed by atoms with Crippen molar-refractivity contribution in [3.05, 3.63) is 23.8 Å². The number of hydrogen-bond acceptors (Lipinski definition) is 4. The van der Waals surface area contributed by atoms with Crippen molar-refractivity contribution >= 4 is 5.78 Å². The lowest BCUT2D eigenvalue weighted by atomic mass is 9.61. The van der Waals surface area contributed by atoms with Gasteiger partial charge in [0.25, 0.3) is 0 Å². The van der Waals surface area contributed by atoms with Gasteiger partial charge in [-0.25, -0.2) is 0 Å². The Hall–Kier alpha value is -1.55. The molecule has 3 rings (SSSR count). The number of methoxy groups -OCH3 is 2. The van der Waals surface area contributed by atoms with E-state index in [1.807, 2.05) is 6.07 Å². The van der Waals surface area contributed by atoms with Crippen LogP contribution in [0.15, 0.2) is 18.2 Å². The minimum Gasteiger partial charge on any atom is -0.493 e. The van der Waals surface area contributed by atoms with Crippen molar-refractivity contribution in [2.24, 2.45) is 11.8 Å². The molecule has 3 atom stereocenters. The summed E-state index contributed by atoms with van der Waals surface area (Å²) >= 11 is 0. The largest absolute Gasteiger partial charge is 0.493 e. The van der Waals surface area contributed by atoms with Crippen molar-refractivity contribution in [2.45, 2.75) is 51.0 Å². The molecule has 1 aromatic carbocycles. The maximum absolute atomic E-state index is 12.7. The van der Waals surface area contributed by atoms with Gasteiger partial charge in [-0.05, 0) is 56.5 Å². The number of nitrogens with zero attached hydrogens (tertiary/aromatic N) is 1. The summed E-state index contributed by atoms with van der Waals surface area (Å²) in [6.45, 7) is 5.47. The molecule has 2 aliphatic rings. The van der Waals surface area contributed by atoms with Gasteiger partial charge in [-0.2, -0.15) is 0 Å². The molecule has 0 aromatic heterocycles. The molecule has 1 saturated carbocycles. The van der Waals surface area contributed by atoms with Gasteiger partial charge in [0.15, 0.2) is 11.5 Å². The SMILES string of the molecule is COc1ccc([C@]23CCN(C)[C@H]2CC(=O)C(CC(C)C)C3)cc1OC. The highest BCUT2D eigenvalue weighted by Gasteiger charge is 2.53. The average Bonchev–Trinajstić information content (AvgIpc) is 2.91. The first-order valence-electron chi connectivity index (χ1n) is 9.36. The van der Waals surface area contributed by atoms with E-state index >= 15 is 0 Å². The van der Waals surface area contributed by atoms with Crippen molar-refractivity contribution in [3.8, 4) is 11.5 Å². The molecule has 138 valence electrons. The third-order valence-electron chi connectivity index (χ3n) is 6.26. The van der Waals surface area contributed by atoms with Gasteiger partial charge >= 0.3 is 0 Å². The number of ether oxygens (including phenoxy) is 2. The minimum absolute atomic E-state index is 0.0434. The van der Waals surface area contributed by atoms with Gasteiger partial charge in [0.05, 0.1) is 14.2 Å². The minimum atomic E-state index is 0.0434. The number of rotatable bonds is 5. The predicted molar refractivity (Wildman–Crippen MR) is 99.4 cm³/mol. The summed E-state index contributed by atoms with van der Waals surface area (Å²) in [6, 6.07) is 6.61.